The zero-order valence-electron chi connectivity index (χ0n) is 11.9. The summed E-state index contributed by atoms with van der Waals surface area (Å²) in [5, 5.41) is 3.36. The molecule has 0 saturated carbocycles. The molecular weight excluding hydrogens is 314 g/mol. The lowest BCUT2D eigenvalue weighted by Crippen LogP contribution is -2.21. The van der Waals surface area contributed by atoms with Gasteiger partial charge in [0.05, 0.1) is 0 Å². The fraction of sp³-hybridized carbons (Fsp3) is 0.312. The minimum Gasteiger partial charge on any atom is -0.355 e. The molecule has 106 valence electrons. The average Bonchev–Trinajstić information content (AvgIpc) is 2.45. The van der Waals surface area contributed by atoms with Crippen molar-refractivity contribution >= 4 is 21.7 Å². The molecule has 0 atom stereocenters. The molecule has 4 heteroatoms. The second-order valence-electron chi connectivity index (χ2n) is 4.75. The summed E-state index contributed by atoms with van der Waals surface area (Å²) in [6, 6.07) is 12.5. The third-order valence-corrected chi connectivity index (χ3v) is 3.60. The highest BCUT2D eigenvalue weighted by Gasteiger charge is 2.09. The SMILES string of the molecule is CCNCc1cccnc1N(C)Cc1cccc(Br)c1. The van der Waals surface area contributed by atoms with E-state index in [4.69, 9.17) is 0 Å². The predicted octanol–water partition coefficient (Wildman–Crippen LogP) is 3.59. The molecule has 0 fully saturated rings. The molecule has 1 aromatic carbocycles. The van der Waals surface area contributed by atoms with Gasteiger partial charge in [0.15, 0.2) is 0 Å². The molecule has 1 heterocycles. The molecule has 0 aliphatic rings. The third kappa shape index (κ3) is 4.05. The molecule has 1 N–H and O–H groups in total. The van der Waals surface area contributed by atoms with Crippen LogP contribution < -0.4 is 10.2 Å². The van der Waals surface area contributed by atoms with Crippen LogP contribution in [0.5, 0.6) is 0 Å². The van der Waals surface area contributed by atoms with Crippen LogP contribution in [0, 0.1) is 0 Å². The van der Waals surface area contributed by atoms with Gasteiger partial charge in [0.2, 0.25) is 0 Å². The van der Waals surface area contributed by atoms with E-state index >= 15 is 0 Å². The average molecular weight is 334 g/mol. The van der Waals surface area contributed by atoms with Crippen LogP contribution in [0.4, 0.5) is 5.82 Å². The molecule has 1 aromatic heterocycles. The van der Waals surface area contributed by atoms with E-state index in [0.717, 1.165) is 29.9 Å². The van der Waals surface area contributed by atoms with Crippen LogP contribution in [-0.2, 0) is 13.1 Å². The molecule has 0 unspecified atom stereocenters. The summed E-state index contributed by atoms with van der Waals surface area (Å²) in [4.78, 5) is 6.71. The molecule has 3 nitrogen and oxygen atoms in total. The number of anilines is 1. The van der Waals surface area contributed by atoms with Crippen LogP contribution in [0.2, 0.25) is 0 Å². The minimum atomic E-state index is 0.843. The second kappa shape index (κ2) is 7.41. The van der Waals surface area contributed by atoms with Gasteiger partial charge in [0, 0.05) is 36.4 Å². The first-order valence-electron chi connectivity index (χ1n) is 6.81. The predicted molar refractivity (Wildman–Crippen MR) is 87.9 cm³/mol. The van der Waals surface area contributed by atoms with Crippen LogP contribution >= 0.6 is 15.9 Å². The smallest absolute Gasteiger partial charge is 0.133 e. The Morgan fingerprint density at radius 1 is 1.25 bits per heavy atom. The van der Waals surface area contributed by atoms with E-state index in [2.05, 4.69) is 69.4 Å². The molecular formula is C16H20BrN3. The number of hydrogen-bond donors (Lipinski definition) is 1. The first-order valence-corrected chi connectivity index (χ1v) is 7.60. The number of nitrogens with zero attached hydrogens (tertiary/aromatic N) is 2. The largest absolute Gasteiger partial charge is 0.355 e. The van der Waals surface area contributed by atoms with Crippen molar-refractivity contribution in [2.45, 2.75) is 20.0 Å². The summed E-state index contributed by atoms with van der Waals surface area (Å²) in [7, 11) is 2.08. The van der Waals surface area contributed by atoms with Crippen molar-refractivity contribution in [2.24, 2.45) is 0 Å². The highest BCUT2D eigenvalue weighted by molar-refractivity contribution is 9.10. The van der Waals surface area contributed by atoms with Crippen molar-refractivity contribution in [2.75, 3.05) is 18.5 Å². The second-order valence-corrected chi connectivity index (χ2v) is 5.67. The van der Waals surface area contributed by atoms with Crippen LogP contribution in [0.25, 0.3) is 0 Å². The van der Waals surface area contributed by atoms with E-state index in [1.807, 2.05) is 18.3 Å². The maximum Gasteiger partial charge on any atom is 0.133 e. The highest BCUT2D eigenvalue weighted by Crippen LogP contribution is 2.19. The molecule has 0 spiro atoms. The zero-order chi connectivity index (χ0) is 14.4. The number of hydrogen-bond acceptors (Lipinski definition) is 3. The van der Waals surface area contributed by atoms with Crippen molar-refractivity contribution in [3.05, 3.63) is 58.2 Å². The molecule has 2 aromatic rings. The van der Waals surface area contributed by atoms with Gasteiger partial charge in [0.1, 0.15) is 5.82 Å². The topological polar surface area (TPSA) is 28.2 Å². The Balaban J connectivity index is 2.14. The van der Waals surface area contributed by atoms with Gasteiger partial charge in [-0.3, -0.25) is 0 Å². The molecule has 0 amide bonds. The number of nitrogens with one attached hydrogen (secondary N) is 1. The van der Waals surface area contributed by atoms with Gasteiger partial charge in [-0.25, -0.2) is 4.98 Å². The van der Waals surface area contributed by atoms with E-state index in [9.17, 15) is 0 Å². The van der Waals surface area contributed by atoms with Gasteiger partial charge < -0.3 is 10.2 Å². The van der Waals surface area contributed by atoms with Gasteiger partial charge in [0.25, 0.3) is 0 Å². The number of rotatable bonds is 6. The van der Waals surface area contributed by atoms with E-state index in [1.54, 1.807) is 0 Å². The monoisotopic (exact) mass is 333 g/mol. The summed E-state index contributed by atoms with van der Waals surface area (Å²) < 4.78 is 1.11. The quantitative estimate of drug-likeness (QED) is 0.875. The Morgan fingerprint density at radius 2 is 2.10 bits per heavy atom. The Labute approximate surface area is 129 Å². The van der Waals surface area contributed by atoms with Gasteiger partial charge in [-0.2, -0.15) is 0 Å². The third-order valence-electron chi connectivity index (χ3n) is 3.10. The van der Waals surface area contributed by atoms with E-state index in [0.29, 0.717) is 0 Å². The fourth-order valence-electron chi connectivity index (χ4n) is 2.16. The van der Waals surface area contributed by atoms with Crippen molar-refractivity contribution in [3.63, 3.8) is 0 Å². The molecule has 0 aliphatic carbocycles. The Bertz CT molecular complexity index is 557. The van der Waals surface area contributed by atoms with Crippen LogP contribution in [0.15, 0.2) is 47.1 Å². The maximum atomic E-state index is 4.52. The lowest BCUT2D eigenvalue weighted by atomic mass is 10.2. The summed E-state index contributed by atoms with van der Waals surface area (Å²) in [6.07, 6.45) is 1.85. The number of halogens is 1. The first-order chi connectivity index (χ1) is 9.70. The zero-order valence-corrected chi connectivity index (χ0v) is 13.5. The van der Waals surface area contributed by atoms with E-state index in [1.165, 1.54) is 11.1 Å². The maximum absolute atomic E-state index is 4.52. The molecule has 0 radical (unpaired) electrons. The lowest BCUT2D eigenvalue weighted by Gasteiger charge is -2.21. The minimum absolute atomic E-state index is 0.843. The Hall–Kier alpha value is -1.39. The van der Waals surface area contributed by atoms with Crippen LogP contribution in [0.1, 0.15) is 18.1 Å². The standard InChI is InChI=1S/C16H20BrN3/c1-3-18-11-14-7-5-9-19-16(14)20(2)12-13-6-4-8-15(17)10-13/h4-10,18H,3,11-12H2,1-2H3. The highest BCUT2D eigenvalue weighted by atomic mass is 79.9. The Morgan fingerprint density at radius 3 is 2.85 bits per heavy atom. The van der Waals surface area contributed by atoms with Gasteiger partial charge >= 0.3 is 0 Å². The summed E-state index contributed by atoms with van der Waals surface area (Å²) in [5.41, 5.74) is 2.49. The van der Waals surface area contributed by atoms with Gasteiger partial charge in [-0.1, -0.05) is 41.1 Å². The van der Waals surface area contributed by atoms with Crippen molar-refractivity contribution in [1.82, 2.24) is 10.3 Å². The van der Waals surface area contributed by atoms with Crippen LogP contribution in [0.3, 0.4) is 0 Å². The molecule has 0 saturated heterocycles. The van der Waals surface area contributed by atoms with Crippen molar-refractivity contribution in [3.8, 4) is 0 Å². The van der Waals surface area contributed by atoms with E-state index < -0.39 is 0 Å². The first kappa shape index (κ1) is 15.0. The van der Waals surface area contributed by atoms with Crippen LogP contribution in [-0.4, -0.2) is 18.6 Å². The number of benzene rings is 1. The summed E-state index contributed by atoms with van der Waals surface area (Å²) in [5.74, 6) is 1.04. The summed E-state index contributed by atoms with van der Waals surface area (Å²) in [6.45, 7) is 4.77. The van der Waals surface area contributed by atoms with Gasteiger partial charge in [-0.05, 0) is 30.3 Å². The van der Waals surface area contributed by atoms with Crippen molar-refractivity contribution in [1.29, 1.82) is 0 Å². The van der Waals surface area contributed by atoms with Gasteiger partial charge in [-0.15, -0.1) is 0 Å². The lowest BCUT2D eigenvalue weighted by molar-refractivity contribution is 0.719. The Kier molecular flexibility index (Phi) is 5.56. The normalized spacial score (nSPS) is 10.6. The number of aromatic nitrogens is 1. The summed E-state index contributed by atoms with van der Waals surface area (Å²) >= 11 is 3.51. The number of pyridine rings is 1. The van der Waals surface area contributed by atoms with Crippen molar-refractivity contribution < 1.29 is 0 Å². The molecule has 2 rings (SSSR count). The fourth-order valence-corrected chi connectivity index (χ4v) is 2.60. The molecule has 0 aliphatic heterocycles. The molecule has 0 bridgehead atoms. The van der Waals surface area contributed by atoms with E-state index in [-0.39, 0.29) is 0 Å². The molecule has 20 heavy (non-hydrogen) atoms.